The molecule has 2 atom stereocenters. The van der Waals surface area contributed by atoms with Gasteiger partial charge in [-0.2, -0.15) is 13.2 Å². The molecule has 22 heavy (non-hydrogen) atoms. The van der Waals surface area contributed by atoms with Crippen molar-refractivity contribution in [2.75, 3.05) is 26.2 Å². The van der Waals surface area contributed by atoms with Crippen molar-refractivity contribution in [1.82, 2.24) is 10.2 Å². The molecule has 0 aromatic heterocycles. The Hall–Kier alpha value is -0.590. The van der Waals surface area contributed by atoms with Crippen LogP contribution in [0, 0.1) is 5.92 Å². The summed E-state index contributed by atoms with van der Waals surface area (Å²) in [5.41, 5.74) is 0.165. The topological polar surface area (TPSA) is 15.3 Å². The van der Waals surface area contributed by atoms with Crippen LogP contribution in [0.2, 0.25) is 0 Å². The van der Waals surface area contributed by atoms with Gasteiger partial charge in [0.15, 0.2) is 0 Å². The number of benzene rings is 1. The molecule has 0 saturated carbocycles. The van der Waals surface area contributed by atoms with E-state index in [1.165, 1.54) is 6.07 Å². The zero-order valence-electron chi connectivity index (χ0n) is 12.9. The summed E-state index contributed by atoms with van der Waals surface area (Å²) in [6.07, 6.45) is -3.38. The van der Waals surface area contributed by atoms with Crippen molar-refractivity contribution in [3.63, 3.8) is 0 Å². The van der Waals surface area contributed by atoms with E-state index in [0.29, 0.717) is 10.4 Å². The van der Waals surface area contributed by atoms with Gasteiger partial charge in [0, 0.05) is 36.7 Å². The fraction of sp³-hybridized carbons (Fsp3) is 0.625. The first-order valence-electron chi connectivity index (χ1n) is 7.65. The van der Waals surface area contributed by atoms with Crippen molar-refractivity contribution >= 4 is 15.9 Å². The van der Waals surface area contributed by atoms with Gasteiger partial charge >= 0.3 is 6.18 Å². The molecule has 0 amide bonds. The molecule has 1 aromatic carbocycles. The van der Waals surface area contributed by atoms with E-state index in [4.69, 9.17) is 0 Å². The van der Waals surface area contributed by atoms with Crippen molar-refractivity contribution in [3.05, 3.63) is 33.8 Å². The second-order valence-corrected chi connectivity index (χ2v) is 6.80. The van der Waals surface area contributed by atoms with Crippen LogP contribution in [-0.4, -0.2) is 31.1 Å². The molecule has 6 heteroatoms. The predicted octanol–water partition coefficient (Wildman–Crippen LogP) is 4.46. The summed E-state index contributed by atoms with van der Waals surface area (Å²) in [5, 5.41) is 3.29. The van der Waals surface area contributed by atoms with E-state index in [0.717, 1.165) is 44.2 Å². The highest BCUT2D eigenvalue weighted by molar-refractivity contribution is 9.10. The summed E-state index contributed by atoms with van der Waals surface area (Å²) >= 11 is 3.24. The molecule has 1 aromatic rings. The SMILES string of the molecule is CCC(C)[C@@H](c1cc(Br)cc(C(F)(F)F)c1)N1CCNCC1. The molecular formula is C16H22BrF3N2. The van der Waals surface area contributed by atoms with Gasteiger partial charge in [-0.05, 0) is 29.7 Å². The number of hydrogen-bond acceptors (Lipinski definition) is 2. The van der Waals surface area contributed by atoms with Gasteiger partial charge in [-0.25, -0.2) is 0 Å². The van der Waals surface area contributed by atoms with Crippen LogP contribution in [-0.2, 0) is 6.18 Å². The lowest BCUT2D eigenvalue weighted by molar-refractivity contribution is -0.137. The van der Waals surface area contributed by atoms with Gasteiger partial charge in [0.2, 0.25) is 0 Å². The Morgan fingerprint density at radius 3 is 2.41 bits per heavy atom. The van der Waals surface area contributed by atoms with Crippen molar-refractivity contribution in [2.45, 2.75) is 32.5 Å². The van der Waals surface area contributed by atoms with Crippen LogP contribution in [0.25, 0.3) is 0 Å². The zero-order valence-corrected chi connectivity index (χ0v) is 14.5. The lowest BCUT2D eigenvalue weighted by Crippen LogP contribution is -2.46. The molecular weight excluding hydrogens is 357 g/mol. The van der Waals surface area contributed by atoms with Crippen molar-refractivity contribution < 1.29 is 13.2 Å². The lowest BCUT2D eigenvalue weighted by atomic mass is 9.89. The molecule has 2 rings (SSSR count). The summed E-state index contributed by atoms with van der Waals surface area (Å²) in [6.45, 7) is 7.69. The molecule has 124 valence electrons. The fourth-order valence-electron chi connectivity index (χ4n) is 3.03. The summed E-state index contributed by atoms with van der Waals surface area (Å²) in [5.74, 6) is 0.300. The van der Waals surface area contributed by atoms with Gasteiger partial charge in [-0.3, -0.25) is 4.90 Å². The molecule has 0 bridgehead atoms. The largest absolute Gasteiger partial charge is 0.416 e. The number of alkyl halides is 3. The van der Waals surface area contributed by atoms with E-state index in [-0.39, 0.29) is 6.04 Å². The average Bonchev–Trinajstić information content (AvgIpc) is 2.47. The van der Waals surface area contributed by atoms with Crippen molar-refractivity contribution in [3.8, 4) is 0 Å². The van der Waals surface area contributed by atoms with E-state index < -0.39 is 11.7 Å². The number of piperazine rings is 1. The first kappa shape index (κ1) is 17.8. The quantitative estimate of drug-likeness (QED) is 0.831. The molecule has 0 spiro atoms. The van der Waals surface area contributed by atoms with Crippen LogP contribution in [0.1, 0.15) is 37.4 Å². The molecule has 0 aliphatic carbocycles. The smallest absolute Gasteiger partial charge is 0.314 e. The second kappa shape index (κ2) is 7.32. The molecule has 1 heterocycles. The Morgan fingerprint density at radius 1 is 1.23 bits per heavy atom. The third-order valence-electron chi connectivity index (χ3n) is 4.32. The van der Waals surface area contributed by atoms with Crippen molar-refractivity contribution in [2.24, 2.45) is 5.92 Å². The van der Waals surface area contributed by atoms with Crippen LogP contribution >= 0.6 is 15.9 Å². The maximum absolute atomic E-state index is 13.1. The van der Waals surface area contributed by atoms with Gasteiger partial charge < -0.3 is 5.32 Å². The Bertz CT molecular complexity index is 499. The maximum Gasteiger partial charge on any atom is 0.416 e. The highest BCUT2D eigenvalue weighted by atomic mass is 79.9. The molecule has 1 saturated heterocycles. The Kier molecular flexibility index (Phi) is 5.91. The van der Waals surface area contributed by atoms with Gasteiger partial charge in [0.25, 0.3) is 0 Å². The molecule has 2 nitrogen and oxygen atoms in total. The average molecular weight is 379 g/mol. The highest BCUT2D eigenvalue weighted by Crippen LogP contribution is 2.37. The van der Waals surface area contributed by atoms with Crippen molar-refractivity contribution in [1.29, 1.82) is 0 Å². The fourth-order valence-corrected chi connectivity index (χ4v) is 3.54. The van der Waals surface area contributed by atoms with Gasteiger partial charge in [-0.15, -0.1) is 0 Å². The predicted molar refractivity (Wildman–Crippen MR) is 85.8 cm³/mol. The Balaban J connectivity index is 2.40. The zero-order chi connectivity index (χ0) is 16.3. The monoisotopic (exact) mass is 378 g/mol. The summed E-state index contributed by atoms with van der Waals surface area (Å²) in [6, 6.07) is 4.30. The van der Waals surface area contributed by atoms with Gasteiger partial charge in [0.05, 0.1) is 5.56 Å². The number of halogens is 4. The van der Waals surface area contributed by atoms with E-state index in [2.05, 4.69) is 40.0 Å². The Morgan fingerprint density at radius 2 is 1.86 bits per heavy atom. The van der Waals surface area contributed by atoms with Crippen LogP contribution in [0.4, 0.5) is 13.2 Å². The Labute approximate surface area is 138 Å². The molecule has 0 radical (unpaired) electrons. The standard InChI is InChI=1S/C16H22BrF3N2/c1-3-11(2)15(22-6-4-21-5-7-22)12-8-13(16(18,19)20)10-14(17)9-12/h8-11,15,21H,3-7H2,1-2H3/t11?,15-/m0/s1. The second-order valence-electron chi connectivity index (χ2n) is 5.89. The number of nitrogens with one attached hydrogen (secondary N) is 1. The van der Waals surface area contributed by atoms with E-state index in [1.54, 1.807) is 0 Å². The molecule has 1 aliphatic rings. The molecule has 1 aliphatic heterocycles. The summed E-state index contributed by atoms with van der Waals surface area (Å²) < 4.78 is 39.8. The maximum atomic E-state index is 13.1. The highest BCUT2D eigenvalue weighted by Gasteiger charge is 2.33. The van der Waals surface area contributed by atoms with E-state index in [9.17, 15) is 13.2 Å². The summed E-state index contributed by atoms with van der Waals surface area (Å²) in [7, 11) is 0. The number of nitrogens with zero attached hydrogens (tertiary/aromatic N) is 1. The van der Waals surface area contributed by atoms with Gasteiger partial charge in [0.1, 0.15) is 0 Å². The third-order valence-corrected chi connectivity index (χ3v) is 4.77. The first-order valence-corrected chi connectivity index (χ1v) is 8.44. The minimum atomic E-state index is -4.32. The van der Waals surface area contributed by atoms with Crippen LogP contribution in [0.5, 0.6) is 0 Å². The normalized spacial score (nSPS) is 19.9. The van der Waals surface area contributed by atoms with E-state index >= 15 is 0 Å². The van der Waals surface area contributed by atoms with Crippen LogP contribution in [0.15, 0.2) is 22.7 Å². The molecule has 1 N–H and O–H groups in total. The third kappa shape index (κ3) is 4.24. The lowest BCUT2D eigenvalue weighted by Gasteiger charge is -2.38. The molecule has 1 fully saturated rings. The number of rotatable bonds is 4. The minimum absolute atomic E-state index is 0.0192. The number of hydrogen-bond donors (Lipinski definition) is 1. The molecule has 1 unspecified atom stereocenters. The van der Waals surface area contributed by atoms with Crippen LogP contribution < -0.4 is 5.32 Å². The van der Waals surface area contributed by atoms with Crippen LogP contribution in [0.3, 0.4) is 0 Å². The first-order chi connectivity index (χ1) is 10.3. The minimum Gasteiger partial charge on any atom is -0.314 e. The van der Waals surface area contributed by atoms with E-state index in [1.807, 2.05) is 6.07 Å². The summed E-state index contributed by atoms with van der Waals surface area (Å²) in [4.78, 5) is 2.30. The van der Waals surface area contributed by atoms with Gasteiger partial charge in [-0.1, -0.05) is 36.2 Å².